The zero-order valence-corrected chi connectivity index (χ0v) is 13.7. The Kier molecular flexibility index (Phi) is 9.78. The maximum atomic E-state index is 11.7. The first-order chi connectivity index (χ1) is 9.80. The van der Waals surface area contributed by atoms with Gasteiger partial charge in [0.1, 0.15) is 0 Å². The molecule has 0 bridgehead atoms. The molecular weight excluding hydrogens is 272 g/mol. The van der Waals surface area contributed by atoms with E-state index in [2.05, 4.69) is 10.6 Å². The molecule has 0 aromatic rings. The average Bonchev–Trinajstić information content (AvgIpc) is 2.40. The second-order valence-electron chi connectivity index (χ2n) is 5.80. The van der Waals surface area contributed by atoms with E-state index in [9.17, 15) is 9.59 Å². The fourth-order valence-electron chi connectivity index (χ4n) is 2.07. The lowest BCUT2D eigenvalue weighted by Gasteiger charge is -2.25. The van der Waals surface area contributed by atoms with Crippen molar-refractivity contribution in [2.45, 2.75) is 59.0 Å². The second kappa shape index (κ2) is 10.4. The number of hydrogen-bond acceptors (Lipinski definition) is 3. The van der Waals surface area contributed by atoms with Crippen LogP contribution in [0, 0.1) is 5.92 Å². The predicted octanol–water partition coefficient (Wildman–Crippen LogP) is 2.38. The summed E-state index contributed by atoms with van der Waals surface area (Å²) in [5, 5.41) is 14.2. The first-order valence-electron chi connectivity index (χ1n) is 7.68. The number of carboxylic acids is 1. The highest BCUT2D eigenvalue weighted by Gasteiger charge is 2.18. The average molecular weight is 302 g/mol. The van der Waals surface area contributed by atoms with Crippen LogP contribution in [0.15, 0.2) is 0 Å². The number of rotatable bonds is 11. The molecule has 21 heavy (non-hydrogen) atoms. The van der Waals surface area contributed by atoms with Crippen LogP contribution in [-0.2, 0) is 9.53 Å². The van der Waals surface area contributed by atoms with Crippen LogP contribution < -0.4 is 10.6 Å². The summed E-state index contributed by atoms with van der Waals surface area (Å²) < 4.78 is 5.50. The molecule has 6 heteroatoms. The first-order valence-corrected chi connectivity index (χ1v) is 7.68. The fourth-order valence-corrected chi connectivity index (χ4v) is 2.07. The van der Waals surface area contributed by atoms with Gasteiger partial charge in [0, 0.05) is 26.1 Å². The van der Waals surface area contributed by atoms with Crippen LogP contribution in [0.1, 0.15) is 53.4 Å². The monoisotopic (exact) mass is 302 g/mol. The molecule has 0 aliphatic carbocycles. The fraction of sp³-hybridized carbons (Fsp3) is 0.867. The number of carbonyl (C=O) groups excluding carboxylic acids is 1. The summed E-state index contributed by atoms with van der Waals surface area (Å²) in [5.74, 6) is -0.432. The van der Waals surface area contributed by atoms with Gasteiger partial charge in [0.15, 0.2) is 0 Å². The number of ether oxygens (including phenoxy) is 1. The lowest BCUT2D eigenvalue weighted by molar-refractivity contribution is -0.137. The molecule has 0 rings (SSSR count). The third-order valence-corrected chi connectivity index (χ3v) is 3.39. The van der Waals surface area contributed by atoms with Gasteiger partial charge in [-0.3, -0.25) is 4.79 Å². The molecule has 0 aliphatic heterocycles. The Balaban J connectivity index is 3.84. The quantitative estimate of drug-likeness (QED) is 0.547. The molecule has 0 saturated heterocycles. The molecule has 1 unspecified atom stereocenters. The van der Waals surface area contributed by atoms with E-state index in [1.807, 2.05) is 27.7 Å². The highest BCUT2D eigenvalue weighted by Crippen LogP contribution is 2.14. The minimum atomic E-state index is -0.766. The number of amides is 2. The molecule has 2 amide bonds. The standard InChI is InChI=1S/C15H30N2O4/c1-5-12(7-8-13(18)19)9-10-16-14(20)17-11-15(3,4)21-6-2/h12H,5-11H2,1-4H3,(H,18,19)(H2,16,17,20). The molecule has 0 aromatic carbocycles. The van der Waals surface area contributed by atoms with Crippen molar-refractivity contribution >= 4 is 12.0 Å². The molecule has 6 nitrogen and oxygen atoms in total. The predicted molar refractivity (Wildman–Crippen MR) is 82.4 cm³/mol. The number of aliphatic carboxylic acids is 1. The normalized spacial score (nSPS) is 12.8. The third-order valence-electron chi connectivity index (χ3n) is 3.39. The molecule has 0 aliphatic rings. The lowest BCUT2D eigenvalue weighted by Crippen LogP contribution is -2.45. The summed E-state index contributed by atoms with van der Waals surface area (Å²) in [5.41, 5.74) is -0.375. The molecule has 0 aromatic heterocycles. The van der Waals surface area contributed by atoms with E-state index in [1.165, 1.54) is 0 Å². The summed E-state index contributed by atoms with van der Waals surface area (Å²) in [4.78, 5) is 22.2. The van der Waals surface area contributed by atoms with Crippen molar-refractivity contribution in [2.75, 3.05) is 19.7 Å². The Morgan fingerprint density at radius 3 is 2.38 bits per heavy atom. The van der Waals surface area contributed by atoms with Gasteiger partial charge < -0.3 is 20.5 Å². The summed E-state index contributed by atoms with van der Waals surface area (Å²) in [7, 11) is 0. The summed E-state index contributed by atoms with van der Waals surface area (Å²) in [6.07, 6.45) is 2.57. The van der Waals surface area contributed by atoms with Crippen molar-refractivity contribution < 1.29 is 19.4 Å². The molecule has 0 fully saturated rings. The van der Waals surface area contributed by atoms with Crippen LogP contribution in [0.5, 0.6) is 0 Å². The van der Waals surface area contributed by atoms with Gasteiger partial charge in [-0.15, -0.1) is 0 Å². The summed E-state index contributed by atoms with van der Waals surface area (Å²) >= 11 is 0. The number of carboxylic acid groups (broad SMARTS) is 1. The molecule has 0 heterocycles. The van der Waals surface area contributed by atoms with Crippen LogP contribution in [0.4, 0.5) is 4.79 Å². The van der Waals surface area contributed by atoms with E-state index >= 15 is 0 Å². The van der Waals surface area contributed by atoms with Crippen molar-refractivity contribution in [3.63, 3.8) is 0 Å². The Morgan fingerprint density at radius 2 is 1.86 bits per heavy atom. The highest BCUT2D eigenvalue weighted by molar-refractivity contribution is 5.73. The number of urea groups is 1. The van der Waals surface area contributed by atoms with Gasteiger partial charge in [-0.2, -0.15) is 0 Å². The highest BCUT2D eigenvalue weighted by atomic mass is 16.5. The van der Waals surface area contributed by atoms with Crippen molar-refractivity contribution in [1.82, 2.24) is 10.6 Å². The van der Waals surface area contributed by atoms with Crippen LogP contribution >= 0.6 is 0 Å². The largest absolute Gasteiger partial charge is 0.481 e. The van der Waals surface area contributed by atoms with Crippen molar-refractivity contribution in [3.05, 3.63) is 0 Å². The number of nitrogens with one attached hydrogen (secondary N) is 2. The Hall–Kier alpha value is -1.30. The van der Waals surface area contributed by atoms with Gasteiger partial charge in [0.25, 0.3) is 0 Å². The van der Waals surface area contributed by atoms with Gasteiger partial charge in [0.05, 0.1) is 5.60 Å². The molecule has 124 valence electrons. The van der Waals surface area contributed by atoms with E-state index in [-0.39, 0.29) is 18.1 Å². The minimum absolute atomic E-state index is 0.188. The first kappa shape index (κ1) is 19.7. The SMILES string of the molecule is CCOC(C)(C)CNC(=O)NCCC(CC)CCC(=O)O. The van der Waals surface area contributed by atoms with Crippen molar-refractivity contribution in [2.24, 2.45) is 5.92 Å². The molecule has 1 atom stereocenters. The van der Waals surface area contributed by atoms with Gasteiger partial charge in [-0.1, -0.05) is 13.3 Å². The molecule has 3 N–H and O–H groups in total. The zero-order valence-electron chi connectivity index (χ0n) is 13.7. The van der Waals surface area contributed by atoms with E-state index in [0.717, 1.165) is 12.8 Å². The molecule has 0 spiro atoms. The van der Waals surface area contributed by atoms with Gasteiger partial charge in [0.2, 0.25) is 0 Å². The summed E-state index contributed by atoms with van der Waals surface area (Å²) in [6, 6.07) is -0.212. The molecule has 0 radical (unpaired) electrons. The lowest BCUT2D eigenvalue weighted by atomic mass is 9.97. The molecular formula is C15H30N2O4. The smallest absolute Gasteiger partial charge is 0.314 e. The van der Waals surface area contributed by atoms with E-state index in [0.29, 0.717) is 32.0 Å². The Morgan fingerprint density at radius 1 is 1.19 bits per heavy atom. The van der Waals surface area contributed by atoms with Gasteiger partial charge >= 0.3 is 12.0 Å². The third kappa shape index (κ3) is 11.1. The summed E-state index contributed by atoms with van der Waals surface area (Å²) in [6.45, 7) is 9.42. The Labute approximate surface area is 127 Å². The van der Waals surface area contributed by atoms with Crippen LogP contribution in [0.3, 0.4) is 0 Å². The van der Waals surface area contributed by atoms with Crippen molar-refractivity contribution in [1.29, 1.82) is 0 Å². The Bertz CT molecular complexity index is 319. The van der Waals surface area contributed by atoms with E-state index < -0.39 is 5.97 Å². The van der Waals surface area contributed by atoms with Crippen LogP contribution in [0.25, 0.3) is 0 Å². The van der Waals surface area contributed by atoms with Crippen molar-refractivity contribution in [3.8, 4) is 0 Å². The molecule has 0 saturated carbocycles. The maximum absolute atomic E-state index is 11.7. The second-order valence-corrected chi connectivity index (χ2v) is 5.80. The van der Waals surface area contributed by atoms with Gasteiger partial charge in [-0.25, -0.2) is 4.79 Å². The zero-order chi connectivity index (χ0) is 16.3. The topological polar surface area (TPSA) is 87.7 Å². The maximum Gasteiger partial charge on any atom is 0.314 e. The number of hydrogen-bond donors (Lipinski definition) is 3. The van der Waals surface area contributed by atoms with Gasteiger partial charge in [-0.05, 0) is 39.5 Å². The van der Waals surface area contributed by atoms with E-state index in [1.54, 1.807) is 0 Å². The van der Waals surface area contributed by atoms with E-state index in [4.69, 9.17) is 9.84 Å². The number of carbonyl (C=O) groups is 2. The minimum Gasteiger partial charge on any atom is -0.481 e. The van der Waals surface area contributed by atoms with Crippen LogP contribution in [0.2, 0.25) is 0 Å². The van der Waals surface area contributed by atoms with Crippen LogP contribution in [-0.4, -0.2) is 42.4 Å².